The number of aliphatic carboxylic acids is 1. The van der Waals surface area contributed by atoms with Crippen LogP contribution in [0.5, 0.6) is 0 Å². The first kappa shape index (κ1) is 17.3. The summed E-state index contributed by atoms with van der Waals surface area (Å²) in [6.45, 7) is 1.64. The zero-order valence-electron chi connectivity index (χ0n) is 12.2. The molecule has 0 spiro atoms. The first-order valence-corrected chi connectivity index (χ1v) is 7.59. The molecule has 2 rings (SSSR count). The summed E-state index contributed by atoms with van der Waals surface area (Å²) in [7, 11) is 0. The topological polar surface area (TPSA) is 84.2 Å². The number of nitrogens with one attached hydrogen (secondary N) is 1. The van der Waals surface area contributed by atoms with Crippen LogP contribution in [-0.4, -0.2) is 32.8 Å². The van der Waals surface area contributed by atoms with E-state index in [-0.39, 0.29) is 6.42 Å². The van der Waals surface area contributed by atoms with Gasteiger partial charge in [0.2, 0.25) is 5.91 Å². The minimum Gasteiger partial charge on any atom is -0.480 e. The SMILES string of the molecule is CC(C(=O)NC(Cc1cc(Cl)cc(Cl)c1)C(=O)O)n1cccn1. The van der Waals surface area contributed by atoms with Crippen LogP contribution in [0.1, 0.15) is 18.5 Å². The van der Waals surface area contributed by atoms with Crippen molar-refractivity contribution in [1.29, 1.82) is 0 Å². The maximum Gasteiger partial charge on any atom is 0.326 e. The van der Waals surface area contributed by atoms with Crippen LogP contribution < -0.4 is 5.32 Å². The number of carboxylic acids is 1. The third-order valence-corrected chi connectivity index (χ3v) is 3.71. The maximum absolute atomic E-state index is 12.2. The van der Waals surface area contributed by atoms with Gasteiger partial charge in [-0.25, -0.2) is 4.79 Å². The molecule has 0 radical (unpaired) electrons. The minimum absolute atomic E-state index is 0.0766. The number of nitrogens with zero attached hydrogens (tertiary/aromatic N) is 2. The van der Waals surface area contributed by atoms with Crippen LogP contribution in [0, 0.1) is 0 Å². The van der Waals surface area contributed by atoms with E-state index in [1.807, 2.05) is 0 Å². The molecule has 2 N–H and O–H groups in total. The first-order valence-electron chi connectivity index (χ1n) is 6.84. The maximum atomic E-state index is 12.2. The number of amides is 1. The third kappa shape index (κ3) is 4.71. The molecule has 23 heavy (non-hydrogen) atoms. The Hall–Kier alpha value is -2.05. The molecule has 2 aromatic rings. The molecule has 2 unspecified atom stereocenters. The molecule has 0 saturated heterocycles. The highest BCUT2D eigenvalue weighted by molar-refractivity contribution is 6.34. The summed E-state index contributed by atoms with van der Waals surface area (Å²) in [6, 6.07) is 4.77. The average molecular weight is 356 g/mol. The monoisotopic (exact) mass is 355 g/mol. The van der Waals surface area contributed by atoms with Crippen molar-refractivity contribution < 1.29 is 14.7 Å². The number of carbonyl (C=O) groups is 2. The molecule has 6 nitrogen and oxygen atoms in total. The van der Waals surface area contributed by atoms with Crippen LogP contribution >= 0.6 is 23.2 Å². The largest absolute Gasteiger partial charge is 0.480 e. The van der Waals surface area contributed by atoms with Gasteiger partial charge in [0.05, 0.1) is 0 Å². The minimum atomic E-state index is -1.14. The summed E-state index contributed by atoms with van der Waals surface area (Å²) < 4.78 is 1.45. The number of benzene rings is 1. The zero-order valence-corrected chi connectivity index (χ0v) is 13.8. The van der Waals surface area contributed by atoms with Crippen LogP contribution in [-0.2, 0) is 16.0 Å². The standard InChI is InChI=1S/C15H15Cl2N3O3/c1-9(20-4-2-3-18-20)14(21)19-13(15(22)23)7-10-5-11(16)8-12(17)6-10/h2-6,8-9,13H,7H2,1H3,(H,19,21)(H,22,23). The molecule has 0 aliphatic heterocycles. The van der Waals surface area contributed by atoms with E-state index in [0.717, 1.165) is 0 Å². The molecular weight excluding hydrogens is 341 g/mol. The van der Waals surface area contributed by atoms with Crippen molar-refractivity contribution in [3.63, 3.8) is 0 Å². The molecule has 0 saturated carbocycles. The molecule has 1 amide bonds. The highest BCUT2D eigenvalue weighted by Crippen LogP contribution is 2.20. The highest BCUT2D eigenvalue weighted by Gasteiger charge is 2.24. The van der Waals surface area contributed by atoms with Gasteiger partial charge in [-0.05, 0) is 36.8 Å². The Labute approximate surface area is 143 Å². The van der Waals surface area contributed by atoms with E-state index < -0.39 is 24.0 Å². The van der Waals surface area contributed by atoms with Crippen molar-refractivity contribution in [1.82, 2.24) is 15.1 Å². The van der Waals surface area contributed by atoms with Gasteiger partial charge in [-0.3, -0.25) is 9.48 Å². The molecule has 0 aliphatic rings. The second-order valence-electron chi connectivity index (χ2n) is 5.04. The van der Waals surface area contributed by atoms with Crippen LogP contribution in [0.25, 0.3) is 0 Å². The third-order valence-electron chi connectivity index (χ3n) is 3.28. The van der Waals surface area contributed by atoms with Crippen molar-refractivity contribution in [3.05, 3.63) is 52.3 Å². The molecule has 0 bridgehead atoms. The van der Waals surface area contributed by atoms with E-state index in [0.29, 0.717) is 15.6 Å². The summed E-state index contributed by atoms with van der Waals surface area (Å²) >= 11 is 11.8. The van der Waals surface area contributed by atoms with Crippen LogP contribution in [0.3, 0.4) is 0 Å². The summed E-state index contributed by atoms with van der Waals surface area (Å²) in [5, 5.41) is 16.6. The molecule has 1 aromatic heterocycles. The van der Waals surface area contributed by atoms with Crippen LogP contribution in [0.4, 0.5) is 0 Å². The number of rotatable bonds is 6. The molecule has 122 valence electrons. The van der Waals surface area contributed by atoms with E-state index in [2.05, 4.69) is 10.4 Å². The fourth-order valence-corrected chi connectivity index (χ4v) is 2.66. The zero-order chi connectivity index (χ0) is 17.0. The van der Waals surface area contributed by atoms with Gasteiger partial charge in [-0.2, -0.15) is 5.10 Å². The molecule has 8 heteroatoms. The predicted octanol–water partition coefficient (Wildman–Crippen LogP) is 2.56. The predicted molar refractivity (Wildman–Crippen MR) is 86.7 cm³/mol. The Balaban J connectivity index is 2.09. The van der Waals surface area contributed by atoms with Crippen molar-refractivity contribution in [2.45, 2.75) is 25.4 Å². The summed E-state index contributed by atoms with van der Waals surface area (Å²) in [5.41, 5.74) is 0.627. The normalized spacial score (nSPS) is 13.3. The number of carboxylic acid groups (broad SMARTS) is 1. The second kappa shape index (κ2) is 7.48. The number of aromatic nitrogens is 2. The lowest BCUT2D eigenvalue weighted by molar-refractivity contribution is -0.142. The smallest absolute Gasteiger partial charge is 0.326 e. The van der Waals surface area contributed by atoms with Crippen LogP contribution in [0.2, 0.25) is 10.0 Å². The number of carbonyl (C=O) groups excluding carboxylic acids is 1. The van der Waals surface area contributed by atoms with Gasteiger partial charge in [-0.1, -0.05) is 23.2 Å². The van der Waals surface area contributed by atoms with E-state index in [9.17, 15) is 14.7 Å². The van der Waals surface area contributed by atoms with E-state index in [4.69, 9.17) is 23.2 Å². The van der Waals surface area contributed by atoms with E-state index in [1.54, 1.807) is 43.6 Å². The van der Waals surface area contributed by atoms with Crippen molar-refractivity contribution in [2.24, 2.45) is 0 Å². The Morgan fingerprint density at radius 2 is 1.96 bits per heavy atom. The summed E-state index contributed by atoms with van der Waals surface area (Å²) in [5.74, 6) is -1.57. The lowest BCUT2D eigenvalue weighted by atomic mass is 10.1. The molecule has 2 atom stereocenters. The quantitative estimate of drug-likeness (QED) is 0.833. The Bertz CT molecular complexity index is 684. The summed E-state index contributed by atoms with van der Waals surface area (Å²) in [6.07, 6.45) is 3.26. The van der Waals surface area contributed by atoms with Gasteiger partial charge in [0.15, 0.2) is 0 Å². The van der Waals surface area contributed by atoms with Crippen molar-refractivity contribution >= 4 is 35.1 Å². The molecule has 0 aliphatic carbocycles. The number of halogens is 2. The van der Waals surface area contributed by atoms with Gasteiger partial charge in [0, 0.05) is 28.9 Å². The lowest BCUT2D eigenvalue weighted by Crippen LogP contribution is -2.45. The fourth-order valence-electron chi connectivity index (χ4n) is 2.09. The average Bonchev–Trinajstić information content (AvgIpc) is 2.98. The highest BCUT2D eigenvalue weighted by atomic mass is 35.5. The van der Waals surface area contributed by atoms with Crippen LogP contribution in [0.15, 0.2) is 36.7 Å². The Morgan fingerprint density at radius 3 is 2.48 bits per heavy atom. The molecular formula is C15H15Cl2N3O3. The van der Waals surface area contributed by atoms with E-state index in [1.165, 1.54) is 4.68 Å². The fraction of sp³-hybridized carbons (Fsp3) is 0.267. The van der Waals surface area contributed by atoms with Gasteiger partial charge in [0.1, 0.15) is 12.1 Å². The second-order valence-corrected chi connectivity index (χ2v) is 5.92. The Morgan fingerprint density at radius 1 is 1.30 bits per heavy atom. The Kier molecular flexibility index (Phi) is 5.63. The van der Waals surface area contributed by atoms with Gasteiger partial charge in [0.25, 0.3) is 0 Å². The van der Waals surface area contributed by atoms with Gasteiger partial charge < -0.3 is 10.4 Å². The van der Waals surface area contributed by atoms with Crippen molar-refractivity contribution in [2.75, 3.05) is 0 Å². The van der Waals surface area contributed by atoms with Crippen molar-refractivity contribution in [3.8, 4) is 0 Å². The summed E-state index contributed by atoms with van der Waals surface area (Å²) in [4.78, 5) is 23.6. The van der Waals surface area contributed by atoms with Gasteiger partial charge in [-0.15, -0.1) is 0 Å². The molecule has 1 heterocycles. The lowest BCUT2D eigenvalue weighted by Gasteiger charge is -2.18. The van der Waals surface area contributed by atoms with E-state index >= 15 is 0 Å². The molecule has 1 aromatic carbocycles. The first-order chi connectivity index (χ1) is 10.9. The number of hydrogen-bond donors (Lipinski definition) is 2. The number of hydrogen-bond acceptors (Lipinski definition) is 3. The van der Waals surface area contributed by atoms with Gasteiger partial charge >= 0.3 is 5.97 Å². The molecule has 0 fully saturated rings.